The fourth-order valence-electron chi connectivity index (χ4n) is 8.51. The Balaban J connectivity index is 4.23. The zero-order valence-corrected chi connectivity index (χ0v) is 49.5. The number of unbranched alkanes of at least 4 members (excludes halogenated alkanes) is 25. The molecule has 0 N–H and O–H groups in total. The second-order valence-electron chi connectivity index (χ2n) is 20.5. The molecule has 6 nitrogen and oxygen atoms in total. The molecule has 0 aliphatic carbocycles. The number of allylic oxidation sites excluding steroid dienone is 20. The van der Waals surface area contributed by atoms with Crippen molar-refractivity contribution in [2.75, 3.05) is 13.2 Å². The molecule has 1 atom stereocenters. The van der Waals surface area contributed by atoms with Crippen LogP contribution in [0.25, 0.3) is 0 Å². The molecular weight excluding hydrogens is 937 g/mol. The van der Waals surface area contributed by atoms with Crippen molar-refractivity contribution in [1.29, 1.82) is 0 Å². The van der Waals surface area contributed by atoms with Crippen molar-refractivity contribution in [1.82, 2.24) is 0 Å². The Morgan fingerprint density at radius 2 is 0.513 bits per heavy atom. The Morgan fingerprint density at radius 3 is 0.842 bits per heavy atom. The van der Waals surface area contributed by atoms with E-state index in [-0.39, 0.29) is 37.5 Å². The van der Waals surface area contributed by atoms with E-state index in [1.54, 1.807) is 0 Å². The van der Waals surface area contributed by atoms with E-state index in [9.17, 15) is 14.4 Å². The van der Waals surface area contributed by atoms with Gasteiger partial charge in [-0.3, -0.25) is 14.4 Å². The maximum Gasteiger partial charge on any atom is 0.306 e. The summed E-state index contributed by atoms with van der Waals surface area (Å²) in [7, 11) is 0. The largest absolute Gasteiger partial charge is 0.462 e. The van der Waals surface area contributed by atoms with Gasteiger partial charge < -0.3 is 14.2 Å². The van der Waals surface area contributed by atoms with Gasteiger partial charge in [0.1, 0.15) is 13.2 Å². The average molecular weight is 1050 g/mol. The van der Waals surface area contributed by atoms with Gasteiger partial charge in [-0.15, -0.1) is 0 Å². The summed E-state index contributed by atoms with van der Waals surface area (Å²) in [6, 6.07) is 0. The second-order valence-corrected chi connectivity index (χ2v) is 20.5. The van der Waals surface area contributed by atoms with Gasteiger partial charge in [0.15, 0.2) is 6.10 Å². The summed E-state index contributed by atoms with van der Waals surface area (Å²) in [6.07, 6.45) is 87.9. The molecule has 0 bridgehead atoms. The molecule has 1 unspecified atom stereocenters. The first kappa shape index (κ1) is 71.8. The zero-order valence-electron chi connectivity index (χ0n) is 49.5. The van der Waals surface area contributed by atoms with Crippen molar-refractivity contribution in [3.8, 4) is 0 Å². The van der Waals surface area contributed by atoms with Crippen LogP contribution in [0.4, 0.5) is 0 Å². The number of esters is 3. The number of carbonyl (C=O) groups is 3. The molecule has 0 rings (SSSR count). The fourth-order valence-corrected chi connectivity index (χ4v) is 8.51. The molecular formula is C70H116O6. The Hall–Kier alpha value is -4.19. The van der Waals surface area contributed by atoms with Crippen LogP contribution in [-0.4, -0.2) is 37.2 Å². The first-order chi connectivity index (χ1) is 37.5. The van der Waals surface area contributed by atoms with E-state index in [2.05, 4.69) is 142 Å². The molecule has 76 heavy (non-hydrogen) atoms. The average Bonchev–Trinajstić information content (AvgIpc) is 3.42. The monoisotopic (exact) mass is 1050 g/mol. The summed E-state index contributed by atoms with van der Waals surface area (Å²) in [4.78, 5) is 38.2. The van der Waals surface area contributed by atoms with E-state index in [4.69, 9.17) is 14.2 Å². The third-order valence-electron chi connectivity index (χ3n) is 13.2. The van der Waals surface area contributed by atoms with Crippen LogP contribution in [0.2, 0.25) is 0 Å². The minimum absolute atomic E-state index is 0.0979. The van der Waals surface area contributed by atoms with Crippen molar-refractivity contribution in [3.63, 3.8) is 0 Å². The highest BCUT2D eigenvalue weighted by Gasteiger charge is 2.19. The molecule has 6 heteroatoms. The van der Waals surface area contributed by atoms with E-state index in [0.29, 0.717) is 19.3 Å². The van der Waals surface area contributed by atoms with E-state index in [1.165, 1.54) is 116 Å². The molecule has 0 fully saturated rings. The van der Waals surface area contributed by atoms with Crippen LogP contribution in [0.5, 0.6) is 0 Å². The molecule has 0 radical (unpaired) electrons. The summed E-state index contributed by atoms with van der Waals surface area (Å²) in [5.74, 6) is -0.947. The molecule has 0 amide bonds. The lowest BCUT2D eigenvalue weighted by Crippen LogP contribution is -2.30. The highest BCUT2D eigenvalue weighted by atomic mass is 16.6. The SMILES string of the molecule is CC/C=C\C/C=C\C/C=C\C/C=C\C/C=C\CCCCCCCCCCCCCCCCCC(=O)OCC(COC(=O)CCCCCCC/C=C\CCCCC)OC(=O)CCCC/C=C\C/C=C\C/C=C\C/C=C\CC. The zero-order chi connectivity index (χ0) is 55.0. The van der Waals surface area contributed by atoms with E-state index < -0.39 is 6.10 Å². The van der Waals surface area contributed by atoms with Crippen molar-refractivity contribution < 1.29 is 28.6 Å². The third kappa shape index (κ3) is 60.7. The summed E-state index contributed by atoms with van der Waals surface area (Å²) >= 11 is 0. The summed E-state index contributed by atoms with van der Waals surface area (Å²) in [5.41, 5.74) is 0. The van der Waals surface area contributed by atoms with Gasteiger partial charge in [-0.1, -0.05) is 258 Å². The van der Waals surface area contributed by atoms with E-state index in [0.717, 1.165) is 122 Å². The van der Waals surface area contributed by atoms with Gasteiger partial charge in [-0.05, 0) is 128 Å². The van der Waals surface area contributed by atoms with Crippen LogP contribution in [0.1, 0.15) is 284 Å². The van der Waals surface area contributed by atoms with Gasteiger partial charge in [0.05, 0.1) is 0 Å². The fraction of sp³-hybridized carbons (Fsp3) is 0.671. The summed E-state index contributed by atoms with van der Waals surface area (Å²) in [6.45, 7) is 6.35. The van der Waals surface area contributed by atoms with Gasteiger partial charge in [-0.2, -0.15) is 0 Å². The predicted octanol–water partition coefficient (Wildman–Crippen LogP) is 21.6. The second kappa shape index (κ2) is 63.3. The van der Waals surface area contributed by atoms with E-state index >= 15 is 0 Å². The Morgan fingerprint density at radius 1 is 0.276 bits per heavy atom. The van der Waals surface area contributed by atoms with Crippen LogP contribution in [0.3, 0.4) is 0 Å². The Kier molecular flexibility index (Phi) is 59.9. The number of carbonyl (C=O) groups excluding carboxylic acids is 3. The molecule has 0 saturated carbocycles. The van der Waals surface area contributed by atoms with Gasteiger partial charge in [0, 0.05) is 19.3 Å². The third-order valence-corrected chi connectivity index (χ3v) is 13.2. The number of hydrogen-bond acceptors (Lipinski definition) is 6. The van der Waals surface area contributed by atoms with Crippen molar-refractivity contribution >= 4 is 17.9 Å². The van der Waals surface area contributed by atoms with Crippen LogP contribution >= 0.6 is 0 Å². The van der Waals surface area contributed by atoms with Gasteiger partial charge in [0.25, 0.3) is 0 Å². The first-order valence-corrected chi connectivity index (χ1v) is 31.5. The van der Waals surface area contributed by atoms with Gasteiger partial charge >= 0.3 is 17.9 Å². The molecule has 0 saturated heterocycles. The topological polar surface area (TPSA) is 78.9 Å². The lowest BCUT2D eigenvalue weighted by molar-refractivity contribution is -0.167. The van der Waals surface area contributed by atoms with Crippen LogP contribution in [-0.2, 0) is 28.6 Å². The smallest absolute Gasteiger partial charge is 0.306 e. The quantitative estimate of drug-likeness (QED) is 0.0261. The summed E-state index contributed by atoms with van der Waals surface area (Å²) in [5, 5.41) is 0. The standard InChI is InChI=1S/C70H116O6/c1-4-7-10-13-16-19-22-25-27-28-29-30-31-32-33-34-35-36-37-38-39-40-41-42-44-45-48-51-54-57-60-63-69(72)75-66-67(65-74-68(71)62-59-56-53-50-47-24-21-18-15-12-9-6-3)76-70(73)64-61-58-55-52-49-46-43-26-23-20-17-14-11-8-5-2/h7-8,10-11,16-21,25-27,29-30,32-33,43,49,52,67H,4-6,9,12-15,22-24,28,31,34-42,44-48,50-51,53-66H2,1-3H3/b10-7-,11-8-,19-16-,20-17-,21-18-,27-25-,30-29-,33-32-,43-26-,52-49-. The maximum atomic E-state index is 12.8. The van der Waals surface area contributed by atoms with Crippen LogP contribution in [0.15, 0.2) is 122 Å². The molecule has 0 aliphatic rings. The van der Waals surface area contributed by atoms with Crippen molar-refractivity contribution in [2.45, 2.75) is 290 Å². The van der Waals surface area contributed by atoms with Crippen LogP contribution < -0.4 is 0 Å². The Bertz CT molecular complexity index is 1590. The molecule has 0 aliphatic heterocycles. The number of hydrogen-bond donors (Lipinski definition) is 0. The highest BCUT2D eigenvalue weighted by molar-refractivity contribution is 5.71. The molecule has 0 aromatic rings. The Labute approximate surface area is 469 Å². The molecule has 0 spiro atoms. The van der Waals surface area contributed by atoms with Crippen molar-refractivity contribution in [3.05, 3.63) is 122 Å². The highest BCUT2D eigenvalue weighted by Crippen LogP contribution is 2.16. The lowest BCUT2D eigenvalue weighted by atomic mass is 10.0. The lowest BCUT2D eigenvalue weighted by Gasteiger charge is -2.18. The first-order valence-electron chi connectivity index (χ1n) is 31.5. The van der Waals surface area contributed by atoms with E-state index in [1.807, 2.05) is 0 Å². The van der Waals surface area contributed by atoms with Gasteiger partial charge in [-0.25, -0.2) is 0 Å². The minimum atomic E-state index is -0.805. The molecule has 432 valence electrons. The number of ether oxygens (including phenoxy) is 3. The molecule has 0 aromatic heterocycles. The summed E-state index contributed by atoms with van der Waals surface area (Å²) < 4.78 is 16.8. The molecule has 0 aromatic carbocycles. The van der Waals surface area contributed by atoms with Crippen molar-refractivity contribution in [2.24, 2.45) is 0 Å². The van der Waals surface area contributed by atoms with Crippen LogP contribution in [0, 0.1) is 0 Å². The maximum absolute atomic E-state index is 12.8. The normalized spacial score (nSPS) is 12.9. The number of rotatable bonds is 56. The predicted molar refractivity (Wildman–Crippen MR) is 330 cm³/mol. The molecule has 0 heterocycles. The minimum Gasteiger partial charge on any atom is -0.462 e. The van der Waals surface area contributed by atoms with Gasteiger partial charge in [0.2, 0.25) is 0 Å².